The Kier molecular flexibility index (Phi) is 4.43. The van der Waals surface area contributed by atoms with E-state index in [1.807, 2.05) is 0 Å². The molecule has 2 rings (SSSR count). The van der Waals surface area contributed by atoms with E-state index in [2.05, 4.69) is 30.4 Å². The Balaban J connectivity index is 0.00000112. The fourth-order valence-corrected chi connectivity index (χ4v) is 2.04. The summed E-state index contributed by atoms with van der Waals surface area (Å²) in [4.78, 5) is 0. The van der Waals surface area contributed by atoms with Gasteiger partial charge in [0.25, 0.3) is 0 Å². The molecular weight excluding hydrogens is 210 g/mol. The number of nitrogens with one attached hydrogen (secondary N) is 1. The summed E-state index contributed by atoms with van der Waals surface area (Å²) < 4.78 is 5.25. The van der Waals surface area contributed by atoms with Crippen LogP contribution in [0, 0.1) is 0 Å². The van der Waals surface area contributed by atoms with Gasteiger partial charge in [-0.1, -0.05) is 13.0 Å². The molecule has 0 fully saturated rings. The SMILES string of the molecule is COc1ccc2c(c1)C(C)CNCC2.Cl. The van der Waals surface area contributed by atoms with Crippen molar-refractivity contribution < 1.29 is 4.74 Å². The molecule has 0 aromatic heterocycles. The second-order valence-corrected chi connectivity index (χ2v) is 3.92. The summed E-state index contributed by atoms with van der Waals surface area (Å²) in [6.07, 6.45) is 1.13. The molecule has 1 aliphatic heterocycles. The molecule has 0 radical (unpaired) electrons. The van der Waals surface area contributed by atoms with Gasteiger partial charge < -0.3 is 10.1 Å². The quantitative estimate of drug-likeness (QED) is 0.796. The van der Waals surface area contributed by atoms with E-state index in [1.165, 1.54) is 11.1 Å². The maximum atomic E-state index is 5.25. The normalized spacial score (nSPS) is 19.7. The molecule has 1 heterocycles. The van der Waals surface area contributed by atoms with Crippen molar-refractivity contribution in [2.75, 3.05) is 20.2 Å². The van der Waals surface area contributed by atoms with E-state index in [-0.39, 0.29) is 12.4 Å². The standard InChI is InChI=1S/C12H17NO.ClH/c1-9-8-13-6-5-10-3-4-11(14-2)7-12(9)10;/h3-4,7,9,13H,5-6,8H2,1-2H3;1H. The van der Waals surface area contributed by atoms with Crippen LogP contribution in [0.5, 0.6) is 5.75 Å². The van der Waals surface area contributed by atoms with Gasteiger partial charge in [0.15, 0.2) is 0 Å². The number of hydrogen-bond donors (Lipinski definition) is 1. The summed E-state index contributed by atoms with van der Waals surface area (Å²) in [7, 11) is 1.72. The van der Waals surface area contributed by atoms with Crippen molar-refractivity contribution in [1.29, 1.82) is 0 Å². The first-order valence-electron chi connectivity index (χ1n) is 5.19. The molecule has 1 aromatic rings. The van der Waals surface area contributed by atoms with E-state index in [1.54, 1.807) is 7.11 Å². The van der Waals surface area contributed by atoms with E-state index in [0.717, 1.165) is 25.3 Å². The van der Waals surface area contributed by atoms with Crippen molar-refractivity contribution in [3.05, 3.63) is 29.3 Å². The Morgan fingerprint density at radius 2 is 2.20 bits per heavy atom. The van der Waals surface area contributed by atoms with Crippen molar-refractivity contribution in [3.63, 3.8) is 0 Å². The van der Waals surface area contributed by atoms with Crippen LogP contribution in [0.3, 0.4) is 0 Å². The molecule has 0 saturated carbocycles. The Morgan fingerprint density at radius 3 is 2.93 bits per heavy atom. The Hall–Kier alpha value is -0.730. The number of rotatable bonds is 1. The molecule has 0 spiro atoms. The fourth-order valence-electron chi connectivity index (χ4n) is 2.04. The number of fused-ring (bicyclic) bond motifs is 1. The minimum atomic E-state index is 0. The highest BCUT2D eigenvalue weighted by Gasteiger charge is 2.14. The fraction of sp³-hybridized carbons (Fsp3) is 0.500. The summed E-state index contributed by atoms with van der Waals surface area (Å²) in [6.45, 7) is 4.42. The first-order chi connectivity index (χ1) is 6.81. The number of methoxy groups -OCH3 is 1. The van der Waals surface area contributed by atoms with Crippen LogP contribution in [0.1, 0.15) is 24.0 Å². The third-order valence-electron chi connectivity index (χ3n) is 2.91. The topological polar surface area (TPSA) is 21.3 Å². The third kappa shape index (κ3) is 2.64. The van der Waals surface area contributed by atoms with E-state index in [0.29, 0.717) is 5.92 Å². The van der Waals surface area contributed by atoms with Crippen molar-refractivity contribution in [2.24, 2.45) is 0 Å². The molecule has 15 heavy (non-hydrogen) atoms. The first-order valence-corrected chi connectivity index (χ1v) is 5.19. The van der Waals surface area contributed by atoms with Crippen LogP contribution < -0.4 is 10.1 Å². The number of hydrogen-bond acceptors (Lipinski definition) is 2. The number of halogens is 1. The van der Waals surface area contributed by atoms with Crippen LogP contribution >= 0.6 is 12.4 Å². The van der Waals surface area contributed by atoms with Gasteiger partial charge in [0.05, 0.1) is 7.11 Å². The number of ether oxygens (including phenoxy) is 1. The smallest absolute Gasteiger partial charge is 0.119 e. The highest BCUT2D eigenvalue weighted by molar-refractivity contribution is 5.85. The number of benzene rings is 1. The third-order valence-corrected chi connectivity index (χ3v) is 2.91. The summed E-state index contributed by atoms with van der Waals surface area (Å²) in [5, 5.41) is 3.44. The van der Waals surface area contributed by atoms with Gasteiger partial charge in [-0.2, -0.15) is 0 Å². The summed E-state index contributed by atoms with van der Waals surface area (Å²) in [5.74, 6) is 1.56. The molecule has 3 heteroatoms. The van der Waals surface area contributed by atoms with Crippen molar-refractivity contribution in [1.82, 2.24) is 5.32 Å². The summed E-state index contributed by atoms with van der Waals surface area (Å²) in [6, 6.07) is 6.42. The van der Waals surface area contributed by atoms with E-state index in [9.17, 15) is 0 Å². The molecule has 1 unspecified atom stereocenters. The molecule has 2 nitrogen and oxygen atoms in total. The molecule has 1 atom stereocenters. The van der Waals surface area contributed by atoms with Gasteiger partial charge in [-0.25, -0.2) is 0 Å². The van der Waals surface area contributed by atoms with Crippen LogP contribution in [0.2, 0.25) is 0 Å². The van der Waals surface area contributed by atoms with Gasteiger partial charge in [-0.05, 0) is 42.1 Å². The van der Waals surface area contributed by atoms with Crippen LogP contribution in [0.25, 0.3) is 0 Å². The zero-order chi connectivity index (χ0) is 9.97. The van der Waals surface area contributed by atoms with Gasteiger partial charge in [-0.3, -0.25) is 0 Å². The maximum absolute atomic E-state index is 5.25. The Bertz CT molecular complexity index is 327. The minimum absolute atomic E-state index is 0. The molecule has 1 N–H and O–H groups in total. The van der Waals surface area contributed by atoms with E-state index >= 15 is 0 Å². The molecule has 1 aliphatic rings. The Labute approximate surface area is 97.4 Å². The lowest BCUT2D eigenvalue weighted by molar-refractivity contribution is 0.413. The first kappa shape index (κ1) is 12.3. The van der Waals surface area contributed by atoms with Crippen molar-refractivity contribution in [3.8, 4) is 5.75 Å². The zero-order valence-electron chi connectivity index (χ0n) is 9.25. The highest BCUT2D eigenvalue weighted by Crippen LogP contribution is 2.26. The van der Waals surface area contributed by atoms with Crippen molar-refractivity contribution >= 4 is 12.4 Å². The van der Waals surface area contributed by atoms with E-state index < -0.39 is 0 Å². The second-order valence-electron chi connectivity index (χ2n) is 3.92. The molecule has 1 aromatic carbocycles. The Morgan fingerprint density at radius 1 is 1.40 bits per heavy atom. The summed E-state index contributed by atoms with van der Waals surface area (Å²) >= 11 is 0. The van der Waals surface area contributed by atoms with Gasteiger partial charge in [0.2, 0.25) is 0 Å². The molecule has 84 valence electrons. The molecular formula is C12H18ClNO. The lowest BCUT2D eigenvalue weighted by Gasteiger charge is -2.13. The lowest BCUT2D eigenvalue weighted by atomic mass is 9.95. The highest BCUT2D eigenvalue weighted by atomic mass is 35.5. The summed E-state index contributed by atoms with van der Waals surface area (Å²) in [5.41, 5.74) is 2.90. The van der Waals surface area contributed by atoms with Gasteiger partial charge in [-0.15, -0.1) is 12.4 Å². The monoisotopic (exact) mass is 227 g/mol. The van der Waals surface area contributed by atoms with E-state index in [4.69, 9.17) is 4.74 Å². The molecule has 0 bridgehead atoms. The van der Waals surface area contributed by atoms with Gasteiger partial charge >= 0.3 is 0 Å². The minimum Gasteiger partial charge on any atom is -0.497 e. The average Bonchev–Trinajstić information content (AvgIpc) is 2.40. The van der Waals surface area contributed by atoms with Crippen LogP contribution in [0.4, 0.5) is 0 Å². The lowest BCUT2D eigenvalue weighted by Crippen LogP contribution is -2.18. The van der Waals surface area contributed by atoms with Gasteiger partial charge in [0.1, 0.15) is 5.75 Å². The van der Waals surface area contributed by atoms with Crippen molar-refractivity contribution in [2.45, 2.75) is 19.3 Å². The van der Waals surface area contributed by atoms with Gasteiger partial charge in [0, 0.05) is 6.54 Å². The van der Waals surface area contributed by atoms with Crippen LogP contribution in [-0.4, -0.2) is 20.2 Å². The average molecular weight is 228 g/mol. The van der Waals surface area contributed by atoms with Crippen LogP contribution in [-0.2, 0) is 6.42 Å². The maximum Gasteiger partial charge on any atom is 0.119 e. The molecule has 0 saturated heterocycles. The molecule has 0 aliphatic carbocycles. The predicted molar refractivity (Wildman–Crippen MR) is 65.2 cm³/mol. The second kappa shape index (κ2) is 5.38. The molecule has 0 amide bonds. The largest absolute Gasteiger partial charge is 0.497 e. The zero-order valence-corrected chi connectivity index (χ0v) is 10.1. The predicted octanol–water partition coefficient (Wildman–Crippen LogP) is 2.37. The van der Waals surface area contributed by atoms with Crippen LogP contribution in [0.15, 0.2) is 18.2 Å².